The minimum absolute atomic E-state index is 0.0434. The average molecular weight is 1810 g/mol. The summed E-state index contributed by atoms with van der Waals surface area (Å²) in [5.74, 6) is -17.5. The van der Waals surface area contributed by atoms with E-state index in [4.69, 9.17) is 67.8 Å². The number of aromatic carboxylic acids is 1. The standard InChI is InChI=1S/C66H75Cl2N9O24.C18H20FN3O4/c1-23(2)12-34(71-5)58(88)76-49-51(83)26-7-10-38(32(67)14-26)97-40-16-28-17-41(55(40)101-65-56(54(86)53(85)42(22-78)99-65)100-44-21-66(4,70)57(87)24(3)96-44)98-39-11-8-27(15-33(39)68)52(84)50-63(93)75-48(64(94)95)31-18-29(79)19-37(81)45(31)30-13-25(6-9-36(30)80)46(60(90)77-50)74-61(91)47(28)73-59(89)35(20-43(69)82)72-62(49)92;1-10-9-26-17-14-11(16(23)12(18(24)25)8-22(10)14)7-13(19)15(17)21-5-3-20(2)4-6-21/h6-11,13-19,23-24,34-35,42,44,46-54,56-57,65,71,78-81,83-87H,12,20-22,70H2,1-5H3,(H2,69,82)(H,72,92)(H,73,89)(H,74,91)(H,75,93)(H,76,88)(H,77,90)(H,94,95);7-8,10H,3-6,9H2,1-2H3,(H,24,25)/t24-,34+,35-,42+,44-,46+,47+,48+,49+,50-,51+,52+,53+,54-,56+,57?,65-,66-;10-/m00/s1. The highest BCUT2D eigenvalue weighted by Gasteiger charge is 2.52. The van der Waals surface area contributed by atoms with Gasteiger partial charge in [0.05, 0.1) is 58.3 Å². The number of phenols is 3. The van der Waals surface area contributed by atoms with Gasteiger partial charge in [-0.15, -0.1) is 0 Å². The van der Waals surface area contributed by atoms with Crippen LogP contribution >= 0.6 is 23.2 Å². The third kappa shape index (κ3) is 19.3. The van der Waals surface area contributed by atoms with E-state index >= 15 is 14.4 Å². The van der Waals surface area contributed by atoms with Crippen molar-refractivity contribution in [2.45, 2.75) is 169 Å². The number of piperazine rings is 1. The second-order valence-corrected chi connectivity index (χ2v) is 33.5. The van der Waals surface area contributed by atoms with Crippen molar-refractivity contribution >= 4 is 93.1 Å². The van der Waals surface area contributed by atoms with E-state index < -0.39 is 254 Å². The molecular formula is C84H95Cl2FN12O28. The number of rotatable bonds is 15. The van der Waals surface area contributed by atoms with Crippen molar-refractivity contribution in [1.29, 1.82) is 0 Å². The average Bonchev–Trinajstić information content (AvgIpc) is 0.728. The van der Waals surface area contributed by atoms with Gasteiger partial charge in [-0.3, -0.25) is 38.4 Å². The number of carbonyl (C=O) groups excluding carboxylic acids is 7. The number of aromatic nitrogens is 1. The lowest BCUT2D eigenvalue weighted by Crippen LogP contribution is -2.64. The molecule has 6 aromatic carbocycles. The number of anilines is 1. The number of nitrogens with one attached hydrogen (secondary N) is 7. The fourth-order valence-corrected chi connectivity index (χ4v) is 16.6. The first-order valence-electron chi connectivity index (χ1n) is 40.2. The number of halogens is 3. The Balaban J connectivity index is 0.000000449. The summed E-state index contributed by atoms with van der Waals surface area (Å²) in [6.07, 6.45) is -17.2. The third-order valence-electron chi connectivity index (χ3n) is 23.0. The number of nitrogens with zero attached hydrogens (tertiary/aromatic N) is 3. The van der Waals surface area contributed by atoms with Gasteiger partial charge in [-0.25, -0.2) is 14.0 Å². The molecule has 680 valence electrons. The fraction of sp³-hybridized carbons (Fsp3) is 0.429. The van der Waals surface area contributed by atoms with E-state index in [9.17, 15) is 94.1 Å². The van der Waals surface area contributed by atoms with E-state index in [-0.39, 0.29) is 69.8 Å². The molecule has 16 rings (SSSR count). The first-order valence-corrected chi connectivity index (χ1v) is 41.0. The summed E-state index contributed by atoms with van der Waals surface area (Å²) >= 11 is 14.1. The normalized spacial score (nSPS) is 27.6. The van der Waals surface area contributed by atoms with Gasteiger partial charge in [0.25, 0.3) is 0 Å². The molecule has 9 aliphatic rings. The SMILES string of the molecule is CN[C@H](CC(C)C)C(=O)N[C@H]1C(=O)N[C@@H](CC(N)=O)C(=O)N[C@H]2C(=O)N[C@H]3C(=O)N[C@H](C(=O)N[C@@H](C(=O)O)c4cc(O)cc(O)c4-c4cc3ccc4O)[C@H](O)c3ccc(c(Cl)c3)Oc3cc2cc(c3O[C@@H]2O[C@H](CO)[C@@H](O)[C@H](O)[C@H]2O[C@H]2C[C@](C)(N)C(O)[C@H](C)O2)Oc2ccc(cc2Cl)[C@H]1O.C[C@H]1COc2c(N3CCN(C)CC3)c(F)cc3c(=O)c(C(=O)O)cn1c23. The number of primary amides is 1. The van der Waals surface area contributed by atoms with Crippen LogP contribution in [-0.4, -0.2) is 251 Å². The number of aromatic hydroxyl groups is 3. The molecule has 0 radical (unpaired) electrons. The Hall–Kier alpha value is -11.8. The van der Waals surface area contributed by atoms with Crippen LogP contribution in [0, 0.1) is 11.7 Å². The monoisotopic (exact) mass is 1810 g/mol. The van der Waals surface area contributed by atoms with Gasteiger partial charge in [0, 0.05) is 67.1 Å². The van der Waals surface area contributed by atoms with Gasteiger partial charge in [-0.1, -0.05) is 55.2 Å². The molecule has 127 heavy (non-hydrogen) atoms. The van der Waals surface area contributed by atoms with Gasteiger partial charge in [0.15, 0.2) is 41.5 Å². The molecule has 11 bridgehead atoms. The van der Waals surface area contributed by atoms with Crippen LogP contribution in [0.4, 0.5) is 10.1 Å². The number of carboxylic acids is 2. The Morgan fingerprint density at radius 3 is 1.94 bits per heavy atom. The van der Waals surface area contributed by atoms with Crippen LogP contribution in [-0.2, 0) is 52.6 Å². The van der Waals surface area contributed by atoms with Crippen molar-refractivity contribution < 1.29 is 137 Å². The molecule has 10 heterocycles. The van der Waals surface area contributed by atoms with Crippen LogP contribution in [0.1, 0.15) is 128 Å². The van der Waals surface area contributed by atoms with Gasteiger partial charge in [0.2, 0.25) is 58.8 Å². The van der Waals surface area contributed by atoms with Crippen LogP contribution in [0.3, 0.4) is 0 Å². The summed E-state index contributed by atoms with van der Waals surface area (Å²) < 4.78 is 60.9. The highest BCUT2D eigenvalue weighted by Crippen LogP contribution is 2.51. The second kappa shape index (κ2) is 37.6. The van der Waals surface area contributed by atoms with Crippen molar-refractivity contribution in [3.63, 3.8) is 0 Å². The van der Waals surface area contributed by atoms with Gasteiger partial charge < -0.3 is 152 Å². The quantitative estimate of drug-likeness (QED) is 0.0694. The number of pyridine rings is 1. The number of carbonyl (C=O) groups is 9. The number of carboxylic acid groups (broad SMARTS) is 2. The lowest BCUT2D eigenvalue weighted by atomic mass is 9.86. The van der Waals surface area contributed by atoms with E-state index in [1.54, 1.807) is 4.57 Å². The van der Waals surface area contributed by atoms with E-state index in [0.29, 0.717) is 30.0 Å². The van der Waals surface area contributed by atoms with E-state index in [1.807, 2.05) is 32.7 Å². The Morgan fingerprint density at radius 2 is 1.35 bits per heavy atom. The van der Waals surface area contributed by atoms with Crippen LogP contribution in [0.2, 0.25) is 10.0 Å². The highest BCUT2D eigenvalue weighted by molar-refractivity contribution is 6.32. The predicted octanol–water partition coefficient (Wildman–Crippen LogP) is 1.65. The number of aliphatic hydroxyl groups excluding tert-OH is 6. The molecular weight excluding hydrogens is 1710 g/mol. The molecule has 0 saturated carbocycles. The van der Waals surface area contributed by atoms with Crippen LogP contribution in [0.5, 0.6) is 51.7 Å². The second-order valence-electron chi connectivity index (χ2n) is 32.7. The maximum Gasteiger partial charge on any atom is 0.341 e. The zero-order chi connectivity index (χ0) is 92.1. The van der Waals surface area contributed by atoms with Gasteiger partial charge in [-0.2, -0.15) is 0 Å². The van der Waals surface area contributed by atoms with Crippen molar-refractivity contribution in [2.75, 3.05) is 58.4 Å². The van der Waals surface area contributed by atoms with Gasteiger partial charge >= 0.3 is 11.9 Å². The maximum atomic E-state index is 16.0. The van der Waals surface area contributed by atoms with Crippen molar-refractivity contribution in [3.8, 4) is 62.9 Å². The molecule has 19 atom stereocenters. The van der Waals surface area contributed by atoms with Crippen LogP contribution < -0.4 is 78.0 Å². The van der Waals surface area contributed by atoms with Crippen molar-refractivity contribution in [3.05, 3.63) is 151 Å². The first kappa shape index (κ1) is 92.8. The number of aliphatic hydroxyl groups is 6. The van der Waals surface area contributed by atoms with Crippen LogP contribution in [0.25, 0.3) is 22.0 Å². The van der Waals surface area contributed by atoms with Crippen LogP contribution in [0.15, 0.2) is 95.9 Å². The largest absolute Gasteiger partial charge is 0.508 e. The number of benzene rings is 6. The summed E-state index contributed by atoms with van der Waals surface area (Å²) in [6, 6.07) is 0.315. The summed E-state index contributed by atoms with van der Waals surface area (Å²) in [6.45, 7) is 10.7. The number of ether oxygens (including phenoxy) is 7. The number of amides is 7. The third-order valence-corrected chi connectivity index (χ3v) is 23.6. The lowest BCUT2D eigenvalue weighted by Gasteiger charge is -2.47. The minimum atomic E-state index is -2.35. The molecule has 22 N–H and O–H groups in total. The Morgan fingerprint density at radius 1 is 0.724 bits per heavy atom. The molecule has 7 amide bonds. The van der Waals surface area contributed by atoms with Gasteiger partial charge in [-0.05, 0) is 130 Å². The molecule has 1 aromatic heterocycles. The Labute approximate surface area is 731 Å². The molecule has 3 saturated heterocycles. The molecule has 7 aromatic rings. The number of nitrogens with two attached hydrogens (primary N) is 2. The lowest BCUT2D eigenvalue weighted by molar-refractivity contribution is -0.333. The number of hydrogen-bond donors (Lipinski definition) is 20. The van der Waals surface area contributed by atoms with Crippen molar-refractivity contribution in [2.24, 2.45) is 17.4 Å². The molecule has 9 aliphatic heterocycles. The maximum absolute atomic E-state index is 16.0. The summed E-state index contributed by atoms with van der Waals surface area (Å²) in [5.41, 5.74) is 7.78. The van der Waals surface area contributed by atoms with Crippen molar-refractivity contribution in [1.82, 2.24) is 46.7 Å². The zero-order valence-corrected chi connectivity index (χ0v) is 70.5. The Bertz CT molecular complexity index is 5570. The molecule has 40 nitrogen and oxygen atoms in total. The van der Waals surface area contributed by atoms with E-state index in [1.165, 1.54) is 39.2 Å². The number of hydrogen-bond acceptors (Lipinski definition) is 30. The zero-order valence-electron chi connectivity index (χ0n) is 69.0. The summed E-state index contributed by atoms with van der Waals surface area (Å²) in [5, 5.41) is 140. The van der Waals surface area contributed by atoms with E-state index in [2.05, 4.69) is 42.1 Å². The topological polar surface area (TPSA) is 606 Å². The number of likely N-dealkylation sites (N-methyl/N-ethyl adjacent to an activating group) is 2. The molecule has 0 spiro atoms. The molecule has 0 aliphatic carbocycles. The summed E-state index contributed by atoms with van der Waals surface area (Å²) in [4.78, 5) is 145. The predicted molar refractivity (Wildman–Crippen MR) is 444 cm³/mol. The molecule has 3 fully saturated rings. The molecule has 1 unspecified atom stereocenters. The Kier molecular flexibility index (Phi) is 27.5. The van der Waals surface area contributed by atoms with E-state index in [0.717, 1.165) is 85.9 Å². The summed E-state index contributed by atoms with van der Waals surface area (Å²) in [7, 11) is 3.49. The molecule has 43 heteroatoms. The first-order chi connectivity index (χ1) is 60.0. The fourth-order valence-electron chi connectivity index (χ4n) is 16.2. The number of fused-ring (bicyclic) bond motifs is 15. The number of phenolic OH excluding ortho intramolecular Hbond substituents is 3. The smallest absolute Gasteiger partial charge is 0.341 e. The van der Waals surface area contributed by atoms with Gasteiger partial charge in [0.1, 0.15) is 107 Å². The highest BCUT2D eigenvalue weighted by atomic mass is 35.5. The number of aliphatic carboxylic acids is 1. The minimum Gasteiger partial charge on any atom is -0.508 e.